The molecule has 3 nitrogen and oxygen atoms in total. The van der Waals surface area contributed by atoms with E-state index in [1.807, 2.05) is 30.3 Å². The van der Waals surface area contributed by atoms with Crippen molar-refractivity contribution in [1.82, 2.24) is 4.98 Å². The van der Waals surface area contributed by atoms with Crippen molar-refractivity contribution in [2.24, 2.45) is 5.92 Å². The van der Waals surface area contributed by atoms with Crippen LogP contribution < -0.4 is 4.74 Å². The quantitative estimate of drug-likeness (QED) is 0.858. The SMILES string of the molecule is COc1ccc2c(c1)C(=O)[C@@H](Cc1ccncc1)CC2. The highest BCUT2D eigenvalue weighted by Gasteiger charge is 2.27. The number of pyridine rings is 1. The summed E-state index contributed by atoms with van der Waals surface area (Å²) in [7, 11) is 1.63. The predicted molar refractivity (Wildman–Crippen MR) is 77.1 cm³/mol. The van der Waals surface area contributed by atoms with Crippen LogP contribution in [0.15, 0.2) is 42.7 Å². The summed E-state index contributed by atoms with van der Waals surface area (Å²) >= 11 is 0. The Bertz CT molecular complexity index is 622. The number of carbonyl (C=O) groups is 1. The van der Waals surface area contributed by atoms with E-state index < -0.39 is 0 Å². The third-order valence-electron chi connectivity index (χ3n) is 3.95. The summed E-state index contributed by atoms with van der Waals surface area (Å²) < 4.78 is 5.22. The van der Waals surface area contributed by atoms with Gasteiger partial charge in [-0.05, 0) is 54.7 Å². The van der Waals surface area contributed by atoms with E-state index in [2.05, 4.69) is 4.98 Å². The van der Waals surface area contributed by atoms with Gasteiger partial charge < -0.3 is 4.74 Å². The number of nitrogens with zero attached hydrogens (tertiary/aromatic N) is 1. The number of fused-ring (bicyclic) bond motifs is 1. The van der Waals surface area contributed by atoms with E-state index in [1.54, 1.807) is 19.5 Å². The van der Waals surface area contributed by atoms with E-state index in [4.69, 9.17) is 4.74 Å². The lowest BCUT2D eigenvalue weighted by Gasteiger charge is -2.23. The Kier molecular flexibility index (Phi) is 3.50. The van der Waals surface area contributed by atoms with Crippen LogP contribution in [-0.2, 0) is 12.8 Å². The maximum atomic E-state index is 12.6. The molecule has 1 aromatic carbocycles. The molecule has 1 aromatic heterocycles. The number of hydrogen-bond donors (Lipinski definition) is 0. The van der Waals surface area contributed by atoms with Gasteiger partial charge in [-0.3, -0.25) is 9.78 Å². The molecule has 0 bridgehead atoms. The van der Waals surface area contributed by atoms with Crippen molar-refractivity contribution in [2.45, 2.75) is 19.3 Å². The van der Waals surface area contributed by atoms with Crippen LogP contribution in [0.5, 0.6) is 5.75 Å². The number of hydrogen-bond acceptors (Lipinski definition) is 3. The van der Waals surface area contributed by atoms with Crippen LogP contribution in [0.4, 0.5) is 0 Å². The van der Waals surface area contributed by atoms with Crippen LogP contribution in [0, 0.1) is 5.92 Å². The molecule has 1 heterocycles. The predicted octanol–water partition coefficient (Wildman–Crippen LogP) is 3.08. The summed E-state index contributed by atoms with van der Waals surface area (Å²) in [5.74, 6) is 1.06. The molecule has 3 heteroatoms. The fraction of sp³-hybridized carbons (Fsp3) is 0.294. The van der Waals surface area contributed by atoms with Crippen molar-refractivity contribution in [1.29, 1.82) is 0 Å². The van der Waals surface area contributed by atoms with Gasteiger partial charge in [-0.15, -0.1) is 0 Å². The summed E-state index contributed by atoms with van der Waals surface area (Å²) in [6, 6.07) is 9.77. The average Bonchev–Trinajstić information content (AvgIpc) is 2.51. The lowest BCUT2D eigenvalue weighted by atomic mass is 9.80. The molecule has 0 spiro atoms. The van der Waals surface area contributed by atoms with E-state index in [1.165, 1.54) is 5.56 Å². The Morgan fingerprint density at radius 1 is 1.25 bits per heavy atom. The zero-order valence-corrected chi connectivity index (χ0v) is 11.5. The van der Waals surface area contributed by atoms with E-state index in [9.17, 15) is 4.79 Å². The number of ketones is 1. The zero-order chi connectivity index (χ0) is 13.9. The van der Waals surface area contributed by atoms with Crippen LogP contribution in [0.25, 0.3) is 0 Å². The fourth-order valence-corrected chi connectivity index (χ4v) is 2.81. The van der Waals surface area contributed by atoms with Gasteiger partial charge in [-0.2, -0.15) is 0 Å². The van der Waals surface area contributed by atoms with Gasteiger partial charge in [-0.25, -0.2) is 0 Å². The molecule has 3 rings (SSSR count). The lowest BCUT2D eigenvalue weighted by molar-refractivity contribution is 0.0901. The van der Waals surface area contributed by atoms with Gasteiger partial charge in [0.05, 0.1) is 7.11 Å². The second-order valence-corrected chi connectivity index (χ2v) is 5.18. The van der Waals surface area contributed by atoms with Crippen molar-refractivity contribution < 1.29 is 9.53 Å². The molecular weight excluding hydrogens is 250 g/mol. The van der Waals surface area contributed by atoms with Gasteiger partial charge in [0.2, 0.25) is 0 Å². The maximum absolute atomic E-state index is 12.6. The Balaban J connectivity index is 1.85. The first kappa shape index (κ1) is 12.9. The summed E-state index contributed by atoms with van der Waals surface area (Å²) in [6.45, 7) is 0. The van der Waals surface area contributed by atoms with Gasteiger partial charge in [-0.1, -0.05) is 6.07 Å². The number of carbonyl (C=O) groups excluding carboxylic acids is 1. The second kappa shape index (κ2) is 5.45. The molecule has 0 aliphatic heterocycles. The van der Waals surface area contributed by atoms with Gasteiger partial charge in [0, 0.05) is 23.9 Å². The first-order chi connectivity index (χ1) is 9.78. The smallest absolute Gasteiger partial charge is 0.166 e. The van der Waals surface area contributed by atoms with Crippen molar-refractivity contribution in [3.05, 3.63) is 59.4 Å². The number of benzene rings is 1. The summed E-state index contributed by atoms with van der Waals surface area (Å²) in [5, 5.41) is 0. The van der Waals surface area contributed by atoms with Gasteiger partial charge in [0.1, 0.15) is 5.75 Å². The Morgan fingerprint density at radius 3 is 2.80 bits per heavy atom. The van der Waals surface area contributed by atoms with Crippen molar-refractivity contribution in [3.63, 3.8) is 0 Å². The monoisotopic (exact) mass is 267 g/mol. The number of methoxy groups -OCH3 is 1. The van der Waals surface area contributed by atoms with E-state index in [-0.39, 0.29) is 11.7 Å². The minimum absolute atomic E-state index is 0.0667. The molecule has 0 unspecified atom stereocenters. The van der Waals surface area contributed by atoms with Gasteiger partial charge in [0.15, 0.2) is 5.78 Å². The second-order valence-electron chi connectivity index (χ2n) is 5.18. The molecular formula is C17H17NO2. The van der Waals surface area contributed by atoms with Crippen LogP contribution in [0.2, 0.25) is 0 Å². The third kappa shape index (κ3) is 2.44. The molecule has 1 aliphatic rings. The number of aromatic nitrogens is 1. The molecule has 2 aromatic rings. The average molecular weight is 267 g/mol. The van der Waals surface area contributed by atoms with Crippen LogP contribution in [0.1, 0.15) is 27.9 Å². The summed E-state index contributed by atoms with van der Waals surface area (Å²) in [4.78, 5) is 16.6. The molecule has 20 heavy (non-hydrogen) atoms. The minimum Gasteiger partial charge on any atom is -0.497 e. The largest absolute Gasteiger partial charge is 0.497 e. The number of ether oxygens (including phenoxy) is 1. The number of Topliss-reactive ketones (excluding diaryl/α,β-unsaturated/α-hetero) is 1. The molecule has 0 N–H and O–H groups in total. The number of rotatable bonds is 3. The van der Waals surface area contributed by atoms with Crippen LogP contribution in [-0.4, -0.2) is 17.9 Å². The molecule has 0 radical (unpaired) electrons. The topological polar surface area (TPSA) is 39.2 Å². The Hall–Kier alpha value is -2.16. The Morgan fingerprint density at radius 2 is 2.05 bits per heavy atom. The molecule has 0 saturated carbocycles. The van der Waals surface area contributed by atoms with Crippen molar-refractivity contribution in [2.75, 3.05) is 7.11 Å². The van der Waals surface area contributed by atoms with E-state index in [0.29, 0.717) is 0 Å². The molecule has 102 valence electrons. The molecule has 0 saturated heterocycles. The summed E-state index contributed by atoms with van der Waals surface area (Å²) in [5.41, 5.74) is 3.14. The Labute approximate surface area is 118 Å². The lowest BCUT2D eigenvalue weighted by Crippen LogP contribution is -2.24. The molecule has 1 atom stereocenters. The first-order valence-electron chi connectivity index (χ1n) is 6.88. The molecule has 0 fully saturated rings. The maximum Gasteiger partial charge on any atom is 0.166 e. The fourth-order valence-electron chi connectivity index (χ4n) is 2.81. The van der Waals surface area contributed by atoms with Crippen molar-refractivity contribution >= 4 is 5.78 Å². The third-order valence-corrected chi connectivity index (χ3v) is 3.95. The minimum atomic E-state index is 0.0667. The highest BCUT2D eigenvalue weighted by atomic mass is 16.5. The highest BCUT2D eigenvalue weighted by molar-refractivity contribution is 6.00. The number of aryl methyl sites for hydroxylation is 1. The zero-order valence-electron chi connectivity index (χ0n) is 11.5. The van der Waals surface area contributed by atoms with Crippen LogP contribution in [0.3, 0.4) is 0 Å². The van der Waals surface area contributed by atoms with Crippen LogP contribution >= 0.6 is 0 Å². The first-order valence-corrected chi connectivity index (χ1v) is 6.88. The summed E-state index contributed by atoms with van der Waals surface area (Å²) in [6.07, 6.45) is 6.22. The van der Waals surface area contributed by atoms with Gasteiger partial charge >= 0.3 is 0 Å². The normalized spacial score (nSPS) is 17.6. The van der Waals surface area contributed by atoms with E-state index >= 15 is 0 Å². The molecule has 0 amide bonds. The molecule has 1 aliphatic carbocycles. The highest BCUT2D eigenvalue weighted by Crippen LogP contribution is 2.30. The standard InChI is InChI=1S/C17H17NO2/c1-20-15-5-4-13-2-3-14(17(19)16(13)11-15)10-12-6-8-18-9-7-12/h4-9,11,14H,2-3,10H2,1H3/t14-/m1/s1. The van der Waals surface area contributed by atoms with Gasteiger partial charge in [0.25, 0.3) is 0 Å². The van der Waals surface area contributed by atoms with Crippen molar-refractivity contribution in [3.8, 4) is 5.75 Å². The van der Waals surface area contributed by atoms with E-state index in [0.717, 1.165) is 36.1 Å².